The predicted octanol–water partition coefficient (Wildman–Crippen LogP) is 2.00. The molecule has 0 bridgehead atoms. The van der Waals surface area contributed by atoms with Crippen molar-refractivity contribution in [1.29, 1.82) is 0 Å². The molecule has 4 heteroatoms. The molecule has 0 aromatic carbocycles. The number of aliphatic hydroxyl groups excluding tert-OH is 1. The van der Waals surface area contributed by atoms with Gasteiger partial charge in [-0.05, 0) is 31.0 Å². The summed E-state index contributed by atoms with van der Waals surface area (Å²) in [5, 5.41) is 9.28. The predicted molar refractivity (Wildman–Crippen MR) is 73.9 cm³/mol. The van der Waals surface area contributed by atoms with Crippen LogP contribution in [0.4, 0.5) is 5.82 Å². The van der Waals surface area contributed by atoms with E-state index in [2.05, 4.69) is 16.8 Å². The Bertz CT molecular complexity index is 356. The molecule has 0 spiro atoms. The van der Waals surface area contributed by atoms with E-state index in [-0.39, 0.29) is 6.61 Å². The van der Waals surface area contributed by atoms with Crippen LogP contribution in [-0.4, -0.2) is 36.9 Å². The zero-order valence-corrected chi connectivity index (χ0v) is 11.6. The van der Waals surface area contributed by atoms with Gasteiger partial charge < -0.3 is 14.7 Å². The second kappa shape index (κ2) is 8.06. The molecule has 0 aliphatic rings. The fourth-order valence-corrected chi connectivity index (χ4v) is 1.76. The Morgan fingerprint density at radius 1 is 1.33 bits per heavy atom. The first-order valence-corrected chi connectivity index (χ1v) is 6.60. The summed E-state index contributed by atoms with van der Waals surface area (Å²) in [6, 6.07) is 3.91. The molecule has 1 N–H and O–H groups in total. The molecule has 0 unspecified atom stereocenters. The first kappa shape index (κ1) is 14.9. The van der Waals surface area contributed by atoms with E-state index in [0.29, 0.717) is 6.61 Å². The Morgan fingerprint density at radius 2 is 2.11 bits per heavy atom. The number of pyridine rings is 1. The summed E-state index contributed by atoms with van der Waals surface area (Å²) < 4.78 is 5.34. The molecule has 102 valence electrons. The van der Waals surface area contributed by atoms with Crippen molar-refractivity contribution in [3.8, 4) is 0 Å². The fourth-order valence-electron chi connectivity index (χ4n) is 1.76. The first-order valence-electron chi connectivity index (χ1n) is 6.60. The quantitative estimate of drug-likeness (QED) is 0.719. The standard InChI is InChI=1S/C14H24N2O2/c1-4-6-13-9-12(11-17)10-14(15-13)16(3)7-8-18-5-2/h9-10,17H,4-8,11H2,1-3H3. The highest BCUT2D eigenvalue weighted by molar-refractivity contribution is 5.41. The molecule has 1 heterocycles. The Balaban J connectivity index is 2.75. The van der Waals surface area contributed by atoms with E-state index < -0.39 is 0 Å². The molecule has 0 atom stereocenters. The molecule has 1 aromatic heterocycles. The number of likely N-dealkylation sites (N-methyl/N-ethyl adjacent to an activating group) is 1. The van der Waals surface area contributed by atoms with Crippen molar-refractivity contribution in [1.82, 2.24) is 4.98 Å². The zero-order valence-electron chi connectivity index (χ0n) is 11.6. The maximum Gasteiger partial charge on any atom is 0.128 e. The van der Waals surface area contributed by atoms with Gasteiger partial charge in [-0.2, -0.15) is 0 Å². The first-order chi connectivity index (χ1) is 8.71. The van der Waals surface area contributed by atoms with Crippen LogP contribution in [0.2, 0.25) is 0 Å². The average Bonchev–Trinajstić information content (AvgIpc) is 2.39. The Hall–Kier alpha value is -1.13. The van der Waals surface area contributed by atoms with Crippen molar-refractivity contribution in [2.24, 2.45) is 0 Å². The lowest BCUT2D eigenvalue weighted by atomic mass is 10.1. The average molecular weight is 252 g/mol. The maximum absolute atomic E-state index is 9.28. The molecule has 1 aromatic rings. The van der Waals surface area contributed by atoms with Gasteiger partial charge in [0.05, 0.1) is 13.2 Å². The van der Waals surface area contributed by atoms with Crippen LogP contribution in [0.1, 0.15) is 31.5 Å². The van der Waals surface area contributed by atoms with Gasteiger partial charge in [-0.15, -0.1) is 0 Å². The van der Waals surface area contributed by atoms with Crippen molar-refractivity contribution in [2.75, 3.05) is 31.7 Å². The summed E-state index contributed by atoms with van der Waals surface area (Å²) in [6.07, 6.45) is 2.00. The van der Waals surface area contributed by atoms with E-state index in [1.807, 2.05) is 26.1 Å². The van der Waals surface area contributed by atoms with Crippen LogP contribution in [0.15, 0.2) is 12.1 Å². The van der Waals surface area contributed by atoms with Crippen molar-refractivity contribution in [3.63, 3.8) is 0 Å². The molecule has 0 amide bonds. The number of nitrogens with zero attached hydrogens (tertiary/aromatic N) is 2. The molecule has 0 fully saturated rings. The van der Waals surface area contributed by atoms with Gasteiger partial charge in [-0.3, -0.25) is 0 Å². The van der Waals surface area contributed by atoms with E-state index in [0.717, 1.165) is 43.1 Å². The normalized spacial score (nSPS) is 10.7. The molecular weight excluding hydrogens is 228 g/mol. The van der Waals surface area contributed by atoms with Crippen LogP contribution in [0.25, 0.3) is 0 Å². The molecule has 0 radical (unpaired) electrons. The maximum atomic E-state index is 9.28. The second-order valence-electron chi connectivity index (χ2n) is 4.35. The van der Waals surface area contributed by atoms with Crippen molar-refractivity contribution < 1.29 is 9.84 Å². The highest BCUT2D eigenvalue weighted by Crippen LogP contribution is 2.15. The van der Waals surface area contributed by atoms with Crippen LogP contribution >= 0.6 is 0 Å². The second-order valence-corrected chi connectivity index (χ2v) is 4.35. The molecule has 0 saturated heterocycles. The number of hydrogen-bond acceptors (Lipinski definition) is 4. The molecule has 18 heavy (non-hydrogen) atoms. The summed E-state index contributed by atoms with van der Waals surface area (Å²) >= 11 is 0. The van der Waals surface area contributed by atoms with Crippen LogP contribution in [0.5, 0.6) is 0 Å². The number of aryl methyl sites for hydroxylation is 1. The monoisotopic (exact) mass is 252 g/mol. The summed E-state index contributed by atoms with van der Waals surface area (Å²) in [5.74, 6) is 0.907. The lowest BCUT2D eigenvalue weighted by Crippen LogP contribution is -2.24. The molecule has 0 aliphatic carbocycles. The van der Waals surface area contributed by atoms with Gasteiger partial charge in [-0.25, -0.2) is 4.98 Å². The lowest BCUT2D eigenvalue weighted by Gasteiger charge is -2.19. The van der Waals surface area contributed by atoms with Gasteiger partial charge in [0.25, 0.3) is 0 Å². The highest BCUT2D eigenvalue weighted by Gasteiger charge is 2.06. The molecule has 0 aliphatic heterocycles. The third-order valence-corrected chi connectivity index (χ3v) is 2.78. The van der Waals surface area contributed by atoms with Gasteiger partial charge in [0.15, 0.2) is 0 Å². The van der Waals surface area contributed by atoms with E-state index in [4.69, 9.17) is 4.74 Å². The number of aromatic nitrogens is 1. The van der Waals surface area contributed by atoms with Gasteiger partial charge in [0, 0.05) is 25.9 Å². The Labute approximate surface area is 110 Å². The Kier molecular flexibility index (Phi) is 6.68. The number of anilines is 1. The minimum atomic E-state index is 0.0610. The largest absolute Gasteiger partial charge is 0.392 e. The van der Waals surface area contributed by atoms with Gasteiger partial charge in [0.2, 0.25) is 0 Å². The smallest absolute Gasteiger partial charge is 0.128 e. The van der Waals surface area contributed by atoms with E-state index >= 15 is 0 Å². The fraction of sp³-hybridized carbons (Fsp3) is 0.643. The number of ether oxygens (including phenoxy) is 1. The van der Waals surface area contributed by atoms with E-state index in [9.17, 15) is 5.11 Å². The molecule has 0 saturated carbocycles. The van der Waals surface area contributed by atoms with Crippen molar-refractivity contribution >= 4 is 5.82 Å². The van der Waals surface area contributed by atoms with Gasteiger partial charge in [-0.1, -0.05) is 13.3 Å². The van der Waals surface area contributed by atoms with E-state index in [1.54, 1.807) is 0 Å². The van der Waals surface area contributed by atoms with Crippen molar-refractivity contribution in [3.05, 3.63) is 23.4 Å². The van der Waals surface area contributed by atoms with E-state index in [1.165, 1.54) is 0 Å². The molecule has 4 nitrogen and oxygen atoms in total. The van der Waals surface area contributed by atoms with Crippen LogP contribution in [0, 0.1) is 0 Å². The number of aliphatic hydroxyl groups is 1. The summed E-state index contributed by atoms with van der Waals surface area (Å²) in [6.45, 7) is 6.42. The van der Waals surface area contributed by atoms with Crippen LogP contribution in [0.3, 0.4) is 0 Å². The lowest BCUT2D eigenvalue weighted by molar-refractivity contribution is 0.154. The van der Waals surface area contributed by atoms with Crippen LogP contribution in [-0.2, 0) is 17.8 Å². The van der Waals surface area contributed by atoms with Gasteiger partial charge in [0.1, 0.15) is 5.82 Å². The third-order valence-electron chi connectivity index (χ3n) is 2.78. The summed E-state index contributed by atoms with van der Waals surface area (Å²) in [5.41, 5.74) is 1.97. The van der Waals surface area contributed by atoms with Crippen molar-refractivity contribution in [2.45, 2.75) is 33.3 Å². The SMILES string of the molecule is CCCc1cc(CO)cc(N(C)CCOCC)n1. The summed E-state index contributed by atoms with van der Waals surface area (Å²) in [4.78, 5) is 6.67. The summed E-state index contributed by atoms with van der Waals surface area (Å²) in [7, 11) is 2.00. The Morgan fingerprint density at radius 3 is 2.72 bits per heavy atom. The number of rotatable bonds is 8. The minimum absolute atomic E-state index is 0.0610. The minimum Gasteiger partial charge on any atom is -0.392 e. The zero-order chi connectivity index (χ0) is 13.4. The third kappa shape index (κ3) is 4.63. The molecule has 1 rings (SSSR count). The van der Waals surface area contributed by atoms with Crippen LogP contribution < -0.4 is 4.90 Å². The topological polar surface area (TPSA) is 45.6 Å². The molecular formula is C14H24N2O2. The number of hydrogen-bond donors (Lipinski definition) is 1. The van der Waals surface area contributed by atoms with Gasteiger partial charge >= 0.3 is 0 Å². The highest BCUT2D eigenvalue weighted by atomic mass is 16.5.